The van der Waals surface area contributed by atoms with Crippen LogP contribution in [0.15, 0.2) is 0 Å². The average molecular weight is 284 g/mol. The molecule has 1 heterocycles. The van der Waals surface area contributed by atoms with Gasteiger partial charge in [-0.3, -0.25) is 9.59 Å². The fourth-order valence-corrected chi connectivity index (χ4v) is 3.00. The number of nitrogens with one attached hydrogen (secondary N) is 1. The minimum atomic E-state index is -0.778. The molecule has 0 aromatic carbocycles. The van der Waals surface area contributed by atoms with Crippen molar-refractivity contribution in [3.8, 4) is 0 Å². The molecule has 0 aromatic rings. The number of carboxylic acid groups (broad SMARTS) is 1. The highest BCUT2D eigenvalue weighted by Gasteiger charge is 2.31. The smallest absolute Gasteiger partial charge is 0.306 e. The number of hydrogen-bond acceptors (Lipinski definition) is 4. The summed E-state index contributed by atoms with van der Waals surface area (Å²) in [5.74, 6) is -1.32. The van der Waals surface area contributed by atoms with E-state index in [1.807, 2.05) is 7.05 Å². The summed E-state index contributed by atoms with van der Waals surface area (Å²) in [6.07, 6.45) is 2.80. The van der Waals surface area contributed by atoms with Crippen LogP contribution in [0.3, 0.4) is 0 Å². The van der Waals surface area contributed by atoms with Crippen molar-refractivity contribution >= 4 is 11.9 Å². The molecule has 0 spiro atoms. The Bertz CT molecular complexity index is 361. The van der Waals surface area contributed by atoms with E-state index < -0.39 is 5.97 Å². The number of ether oxygens (including phenoxy) is 1. The number of carbonyl (C=O) groups is 2. The molecule has 3 unspecified atom stereocenters. The summed E-state index contributed by atoms with van der Waals surface area (Å²) < 4.78 is 5.59. The lowest BCUT2D eigenvalue weighted by Crippen LogP contribution is -2.47. The van der Waals surface area contributed by atoms with E-state index >= 15 is 0 Å². The van der Waals surface area contributed by atoms with Crippen molar-refractivity contribution in [2.24, 2.45) is 11.8 Å². The van der Waals surface area contributed by atoms with Crippen LogP contribution in [-0.4, -0.2) is 61.3 Å². The van der Waals surface area contributed by atoms with E-state index in [0.717, 1.165) is 25.9 Å². The first kappa shape index (κ1) is 15.3. The van der Waals surface area contributed by atoms with E-state index in [2.05, 4.69) is 10.2 Å². The Morgan fingerprint density at radius 1 is 1.35 bits per heavy atom. The maximum absolute atomic E-state index is 12.1. The molecule has 2 fully saturated rings. The Labute approximate surface area is 119 Å². The molecule has 2 rings (SSSR count). The Kier molecular flexibility index (Phi) is 5.37. The van der Waals surface area contributed by atoms with Gasteiger partial charge in [0.2, 0.25) is 5.91 Å². The Hall–Kier alpha value is -1.14. The minimum Gasteiger partial charge on any atom is -0.481 e. The van der Waals surface area contributed by atoms with Gasteiger partial charge in [-0.2, -0.15) is 0 Å². The van der Waals surface area contributed by atoms with Crippen molar-refractivity contribution in [2.45, 2.75) is 31.8 Å². The lowest BCUT2D eigenvalue weighted by atomic mass is 9.81. The highest BCUT2D eigenvalue weighted by atomic mass is 16.5. The van der Waals surface area contributed by atoms with E-state index in [9.17, 15) is 9.59 Å². The summed E-state index contributed by atoms with van der Waals surface area (Å²) >= 11 is 0. The first-order valence-electron chi connectivity index (χ1n) is 7.37. The average Bonchev–Trinajstić information content (AvgIpc) is 2.45. The second kappa shape index (κ2) is 7.04. The zero-order valence-electron chi connectivity index (χ0n) is 12.0. The molecular weight excluding hydrogens is 260 g/mol. The number of carbonyl (C=O) groups excluding carboxylic acids is 1. The predicted molar refractivity (Wildman–Crippen MR) is 73.3 cm³/mol. The van der Waals surface area contributed by atoms with Crippen LogP contribution in [0.1, 0.15) is 25.7 Å². The van der Waals surface area contributed by atoms with Crippen molar-refractivity contribution in [1.82, 2.24) is 10.2 Å². The van der Waals surface area contributed by atoms with Gasteiger partial charge in [0, 0.05) is 25.6 Å². The number of carboxylic acids is 1. The maximum atomic E-state index is 12.1. The second-order valence-electron chi connectivity index (χ2n) is 5.90. The fourth-order valence-electron chi connectivity index (χ4n) is 3.00. The minimum absolute atomic E-state index is 0.0206. The fraction of sp³-hybridized carbons (Fsp3) is 0.857. The molecule has 114 valence electrons. The summed E-state index contributed by atoms with van der Waals surface area (Å²) in [6, 6.07) is 0. The molecule has 1 aliphatic carbocycles. The number of morpholine rings is 1. The molecule has 2 N–H and O–H groups in total. The molecule has 1 amide bonds. The highest BCUT2D eigenvalue weighted by Crippen LogP contribution is 2.29. The van der Waals surface area contributed by atoms with Gasteiger partial charge < -0.3 is 20.1 Å². The number of hydrogen-bond donors (Lipinski definition) is 2. The Balaban J connectivity index is 1.75. The number of likely N-dealkylation sites (N-methyl/N-ethyl adjacent to an activating group) is 1. The third-order valence-electron chi connectivity index (χ3n) is 4.24. The summed E-state index contributed by atoms with van der Waals surface area (Å²) in [6.45, 7) is 2.95. The van der Waals surface area contributed by atoms with Gasteiger partial charge in [-0.15, -0.1) is 0 Å². The number of aliphatic carboxylic acids is 1. The van der Waals surface area contributed by atoms with Gasteiger partial charge in [-0.25, -0.2) is 0 Å². The van der Waals surface area contributed by atoms with Gasteiger partial charge in [0.15, 0.2) is 0 Å². The largest absolute Gasteiger partial charge is 0.481 e. The molecule has 3 atom stereocenters. The van der Waals surface area contributed by atoms with Crippen molar-refractivity contribution in [3.05, 3.63) is 0 Å². The van der Waals surface area contributed by atoms with Crippen LogP contribution in [0.4, 0.5) is 0 Å². The molecule has 0 radical (unpaired) electrons. The highest BCUT2D eigenvalue weighted by molar-refractivity contribution is 5.80. The van der Waals surface area contributed by atoms with Crippen molar-refractivity contribution < 1.29 is 19.4 Å². The standard InChI is InChI=1S/C14H24N2O4/c1-16-5-6-20-12(9-16)8-15-13(17)10-3-2-4-11(7-10)14(18)19/h10-12H,2-9H2,1H3,(H,15,17)(H,18,19). The summed E-state index contributed by atoms with van der Waals surface area (Å²) in [5, 5.41) is 12.0. The summed E-state index contributed by atoms with van der Waals surface area (Å²) in [5.41, 5.74) is 0. The third kappa shape index (κ3) is 4.18. The Morgan fingerprint density at radius 3 is 2.80 bits per heavy atom. The van der Waals surface area contributed by atoms with E-state index in [1.165, 1.54) is 0 Å². The van der Waals surface area contributed by atoms with E-state index in [-0.39, 0.29) is 23.8 Å². The Morgan fingerprint density at radius 2 is 2.10 bits per heavy atom. The van der Waals surface area contributed by atoms with Crippen LogP contribution in [0, 0.1) is 11.8 Å². The van der Waals surface area contributed by atoms with Gasteiger partial charge in [0.25, 0.3) is 0 Å². The van der Waals surface area contributed by atoms with E-state index in [4.69, 9.17) is 9.84 Å². The lowest BCUT2D eigenvalue weighted by molar-refractivity contribution is -0.144. The first-order valence-corrected chi connectivity index (χ1v) is 7.37. The molecule has 2 aliphatic rings. The molecule has 6 nitrogen and oxygen atoms in total. The molecule has 20 heavy (non-hydrogen) atoms. The molecule has 0 aromatic heterocycles. The number of amides is 1. The first-order chi connectivity index (χ1) is 9.56. The zero-order chi connectivity index (χ0) is 14.5. The second-order valence-corrected chi connectivity index (χ2v) is 5.90. The molecule has 1 aliphatic heterocycles. The van der Waals surface area contributed by atoms with Crippen LogP contribution >= 0.6 is 0 Å². The normalized spacial score (nSPS) is 31.8. The van der Waals surface area contributed by atoms with Crippen molar-refractivity contribution in [3.63, 3.8) is 0 Å². The molecule has 0 bridgehead atoms. The van der Waals surface area contributed by atoms with Gasteiger partial charge in [0.05, 0.1) is 18.6 Å². The summed E-state index contributed by atoms with van der Waals surface area (Å²) in [7, 11) is 2.04. The van der Waals surface area contributed by atoms with Crippen molar-refractivity contribution in [1.29, 1.82) is 0 Å². The van der Waals surface area contributed by atoms with Crippen LogP contribution in [-0.2, 0) is 14.3 Å². The molecular formula is C14H24N2O4. The van der Waals surface area contributed by atoms with Crippen LogP contribution in [0.25, 0.3) is 0 Å². The predicted octanol–water partition coefficient (Wildman–Crippen LogP) is 0.324. The number of nitrogens with zero attached hydrogens (tertiary/aromatic N) is 1. The SMILES string of the molecule is CN1CCOC(CNC(=O)C2CCCC(C(=O)O)C2)C1. The topological polar surface area (TPSA) is 78.9 Å². The van der Waals surface area contributed by atoms with Gasteiger partial charge in [-0.1, -0.05) is 6.42 Å². The molecule has 1 saturated heterocycles. The molecule has 6 heteroatoms. The third-order valence-corrected chi connectivity index (χ3v) is 4.24. The van der Waals surface area contributed by atoms with E-state index in [0.29, 0.717) is 26.0 Å². The molecule has 1 saturated carbocycles. The van der Waals surface area contributed by atoms with Crippen LogP contribution in [0.2, 0.25) is 0 Å². The van der Waals surface area contributed by atoms with Gasteiger partial charge >= 0.3 is 5.97 Å². The van der Waals surface area contributed by atoms with Gasteiger partial charge in [-0.05, 0) is 26.3 Å². The van der Waals surface area contributed by atoms with Crippen LogP contribution in [0.5, 0.6) is 0 Å². The summed E-state index contributed by atoms with van der Waals surface area (Å²) in [4.78, 5) is 25.3. The maximum Gasteiger partial charge on any atom is 0.306 e. The van der Waals surface area contributed by atoms with Gasteiger partial charge in [0.1, 0.15) is 0 Å². The monoisotopic (exact) mass is 284 g/mol. The quantitative estimate of drug-likeness (QED) is 0.777. The van der Waals surface area contributed by atoms with Crippen molar-refractivity contribution in [2.75, 3.05) is 33.3 Å². The van der Waals surface area contributed by atoms with E-state index in [1.54, 1.807) is 0 Å². The number of rotatable bonds is 4. The lowest BCUT2D eigenvalue weighted by Gasteiger charge is -2.31. The zero-order valence-corrected chi connectivity index (χ0v) is 12.0. The van der Waals surface area contributed by atoms with Crippen LogP contribution < -0.4 is 5.32 Å².